The summed E-state index contributed by atoms with van der Waals surface area (Å²) < 4.78 is 5.28. The third-order valence-corrected chi connectivity index (χ3v) is 5.36. The van der Waals surface area contributed by atoms with Crippen molar-refractivity contribution < 1.29 is 14.3 Å². The van der Waals surface area contributed by atoms with Gasteiger partial charge in [0.1, 0.15) is 5.56 Å². The largest absolute Gasteiger partial charge is 0.462 e. The summed E-state index contributed by atoms with van der Waals surface area (Å²) in [5, 5.41) is 0.947. The molecule has 0 aliphatic carbocycles. The van der Waals surface area contributed by atoms with E-state index in [2.05, 4.69) is 14.8 Å². The number of primary amides is 1. The van der Waals surface area contributed by atoms with Crippen molar-refractivity contribution in [2.45, 2.75) is 6.92 Å². The van der Waals surface area contributed by atoms with Crippen LogP contribution in [0.1, 0.15) is 27.6 Å². The molecule has 1 amide bonds. The van der Waals surface area contributed by atoms with Gasteiger partial charge in [0.15, 0.2) is 0 Å². The van der Waals surface area contributed by atoms with Crippen LogP contribution in [0.3, 0.4) is 0 Å². The van der Waals surface area contributed by atoms with Crippen LogP contribution in [0.25, 0.3) is 10.9 Å². The molecular weight excluding hydrogens is 380 g/mol. The molecule has 0 atom stereocenters. The number of benzene rings is 2. The number of carbonyl (C=O) groups excluding carboxylic acids is 2. The number of hydrogen-bond acceptors (Lipinski definition) is 6. The van der Waals surface area contributed by atoms with Crippen molar-refractivity contribution in [1.82, 2.24) is 4.98 Å². The Kier molecular flexibility index (Phi) is 5.52. The average Bonchev–Trinajstić information content (AvgIpc) is 2.78. The fourth-order valence-electron chi connectivity index (χ4n) is 3.85. The first kappa shape index (κ1) is 19.7. The molecule has 1 aliphatic heterocycles. The number of carbonyl (C=O) groups is 2. The number of fused-ring (bicyclic) bond motifs is 1. The van der Waals surface area contributed by atoms with Crippen LogP contribution in [0.2, 0.25) is 0 Å². The average molecular weight is 404 g/mol. The number of amides is 1. The first-order valence-electron chi connectivity index (χ1n) is 10.0. The molecule has 0 unspecified atom stereocenters. The molecule has 2 aromatic carbocycles. The standard InChI is InChI=1S/C23H24N4O3/c1-2-30-23(29)19-15-25-20-6-4-3-5-18(20)21(19)27-13-11-26(12-14-27)17-9-7-16(8-10-17)22(24)28/h3-10,15H,2,11-14H2,1H3,(H2,24,28). The van der Waals surface area contributed by atoms with Crippen molar-refractivity contribution in [2.24, 2.45) is 5.73 Å². The first-order valence-corrected chi connectivity index (χ1v) is 10.0. The lowest BCUT2D eigenvalue weighted by Gasteiger charge is -2.38. The number of hydrogen-bond donors (Lipinski definition) is 1. The van der Waals surface area contributed by atoms with Crippen molar-refractivity contribution in [3.05, 3.63) is 65.9 Å². The number of aromatic nitrogens is 1. The number of rotatable bonds is 5. The topological polar surface area (TPSA) is 88.8 Å². The van der Waals surface area contributed by atoms with E-state index in [9.17, 15) is 9.59 Å². The third-order valence-electron chi connectivity index (χ3n) is 5.36. The van der Waals surface area contributed by atoms with E-state index in [4.69, 9.17) is 10.5 Å². The maximum Gasteiger partial charge on any atom is 0.341 e. The van der Waals surface area contributed by atoms with E-state index in [0.717, 1.165) is 48.5 Å². The molecule has 7 heteroatoms. The highest BCUT2D eigenvalue weighted by Gasteiger charge is 2.25. The van der Waals surface area contributed by atoms with Crippen molar-refractivity contribution in [1.29, 1.82) is 0 Å². The maximum atomic E-state index is 12.6. The van der Waals surface area contributed by atoms with E-state index < -0.39 is 5.91 Å². The zero-order valence-corrected chi connectivity index (χ0v) is 16.9. The molecule has 4 rings (SSSR count). The van der Waals surface area contributed by atoms with Gasteiger partial charge in [-0.3, -0.25) is 9.78 Å². The molecule has 2 heterocycles. The molecule has 154 valence electrons. The van der Waals surface area contributed by atoms with Gasteiger partial charge in [0.25, 0.3) is 0 Å². The summed E-state index contributed by atoms with van der Waals surface area (Å²) in [6, 6.07) is 15.2. The lowest BCUT2D eigenvalue weighted by Crippen LogP contribution is -2.47. The highest BCUT2D eigenvalue weighted by Crippen LogP contribution is 2.31. The molecule has 1 aromatic heterocycles. The molecule has 1 fully saturated rings. The summed E-state index contributed by atoms with van der Waals surface area (Å²) in [4.78, 5) is 32.8. The molecule has 2 N–H and O–H groups in total. The molecule has 0 spiro atoms. The summed E-state index contributed by atoms with van der Waals surface area (Å²) in [6.45, 7) is 5.19. The minimum absolute atomic E-state index is 0.320. The van der Waals surface area contributed by atoms with Gasteiger partial charge in [-0.2, -0.15) is 0 Å². The van der Waals surface area contributed by atoms with Crippen LogP contribution >= 0.6 is 0 Å². The van der Waals surface area contributed by atoms with Gasteiger partial charge in [-0.1, -0.05) is 18.2 Å². The fraction of sp³-hybridized carbons (Fsp3) is 0.261. The van der Waals surface area contributed by atoms with Crippen LogP contribution in [0, 0.1) is 0 Å². The number of nitrogens with two attached hydrogens (primary N) is 1. The second kappa shape index (κ2) is 8.41. The number of pyridine rings is 1. The van der Waals surface area contributed by atoms with E-state index in [1.54, 1.807) is 25.3 Å². The summed E-state index contributed by atoms with van der Waals surface area (Å²) in [5.74, 6) is -0.780. The normalized spacial score (nSPS) is 14.0. The molecular formula is C23H24N4O3. The molecule has 0 bridgehead atoms. The highest BCUT2D eigenvalue weighted by molar-refractivity contribution is 6.05. The molecule has 30 heavy (non-hydrogen) atoms. The fourth-order valence-corrected chi connectivity index (χ4v) is 3.85. The maximum absolute atomic E-state index is 12.6. The molecule has 7 nitrogen and oxygen atoms in total. The smallest absolute Gasteiger partial charge is 0.341 e. The molecule has 3 aromatic rings. The van der Waals surface area contributed by atoms with Gasteiger partial charge in [-0.15, -0.1) is 0 Å². The van der Waals surface area contributed by atoms with E-state index in [-0.39, 0.29) is 5.97 Å². The Balaban J connectivity index is 1.60. The molecule has 0 radical (unpaired) electrons. The Morgan fingerprint density at radius 2 is 1.67 bits per heavy atom. The van der Waals surface area contributed by atoms with E-state index in [1.165, 1.54) is 0 Å². The van der Waals surface area contributed by atoms with Crippen molar-refractivity contribution in [3.63, 3.8) is 0 Å². The Labute approximate surface area is 175 Å². The van der Waals surface area contributed by atoms with Crippen LogP contribution in [0.4, 0.5) is 11.4 Å². The van der Waals surface area contributed by atoms with Crippen LogP contribution < -0.4 is 15.5 Å². The number of esters is 1. The third kappa shape index (κ3) is 3.78. The number of piperazine rings is 1. The van der Waals surface area contributed by atoms with Crippen molar-refractivity contribution in [3.8, 4) is 0 Å². The summed E-state index contributed by atoms with van der Waals surface area (Å²) >= 11 is 0. The number of para-hydroxylation sites is 1. The zero-order chi connectivity index (χ0) is 21.1. The van der Waals surface area contributed by atoms with Crippen LogP contribution in [-0.4, -0.2) is 49.6 Å². The number of anilines is 2. The van der Waals surface area contributed by atoms with Crippen LogP contribution in [0.5, 0.6) is 0 Å². The lowest BCUT2D eigenvalue weighted by atomic mass is 10.1. The zero-order valence-electron chi connectivity index (χ0n) is 16.9. The molecule has 0 saturated carbocycles. The minimum Gasteiger partial charge on any atom is -0.462 e. The summed E-state index contributed by atoms with van der Waals surface area (Å²) in [7, 11) is 0. The summed E-state index contributed by atoms with van der Waals surface area (Å²) in [5.41, 5.74) is 9.10. The van der Waals surface area contributed by atoms with E-state index >= 15 is 0 Å². The highest BCUT2D eigenvalue weighted by atomic mass is 16.5. The van der Waals surface area contributed by atoms with Gasteiger partial charge in [0.05, 0.1) is 17.8 Å². The van der Waals surface area contributed by atoms with Gasteiger partial charge < -0.3 is 20.3 Å². The van der Waals surface area contributed by atoms with Gasteiger partial charge in [0, 0.05) is 49.0 Å². The number of ether oxygens (including phenoxy) is 1. The summed E-state index contributed by atoms with van der Waals surface area (Å²) in [6.07, 6.45) is 1.62. The van der Waals surface area contributed by atoms with E-state index in [0.29, 0.717) is 17.7 Å². The Hall–Kier alpha value is -3.61. The second-order valence-electron chi connectivity index (χ2n) is 7.14. The number of nitrogens with zero attached hydrogens (tertiary/aromatic N) is 3. The molecule has 1 saturated heterocycles. The minimum atomic E-state index is -0.428. The quantitative estimate of drug-likeness (QED) is 0.658. The van der Waals surface area contributed by atoms with Gasteiger partial charge in [-0.25, -0.2) is 4.79 Å². The van der Waals surface area contributed by atoms with Crippen LogP contribution in [-0.2, 0) is 4.74 Å². The van der Waals surface area contributed by atoms with Crippen LogP contribution in [0.15, 0.2) is 54.7 Å². The predicted molar refractivity (Wildman–Crippen MR) is 117 cm³/mol. The van der Waals surface area contributed by atoms with Gasteiger partial charge >= 0.3 is 5.97 Å². The monoisotopic (exact) mass is 404 g/mol. The van der Waals surface area contributed by atoms with Crippen molar-refractivity contribution in [2.75, 3.05) is 42.6 Å². The predicted octanol–water partition coefficient (Wildman–Crippen LogP) is 2.84. The second-order valence-corrected chi connectivity index (χ2v) is 7.14. The van der Waals surface area contributed by atoms with E-state index in [1.807, 2.05) is 36.4 Å². The SMILES string of the molecule is CCOC(=O)c1cnc2ccccc2c1N1CCN(c2ccc(C(N)=O)cc2)CC1. The Bertz CT molecular complexity index is 1070. The van der Waals surface area contributed by atoms with Gasteiger partial charge in [0.2, 0.25) is 5.91 Å². The van der Waals surface area contributed by atoms with Gasteiger partial charge in [-0.05, 0) is 37.3 Å². The first-order chi connectivity index (χ1) is 14.6. The Morgan fingerprint density at radius 3 is 2.33 bits per heavy atom. The Morgan fingerprint density at radius 1 is 1.00 bits per heavy atom. The lowest BCUT2D eigenvalue weighted by molar-refractivity contribution is 0.0526. The molecule has 1 aliphatic rings. The van der Waals surface area contributed by atoms with Crippen molar-refractivity contribution >= 4 is 34.2 Å².